The highest BCUT2D eigenvalue weighted by atomic mass is 28.4. The molecule has 4 heteroatoms. The number of benzene rings is 1. The second-order valence-corrected chi connectivity index (χ2v) is 11.5. The molecule has 1 unspecified atom stereocenters. The van der Waals surface area contributed by atoms with Gasteiger partial charge >= 0.3 is 0 Å². The van der Waals surface area contributed by atoms with Gasteiger partial charge in [-0.2, -0.15) is 0 Å². The van der Waals surface area contributed by atoms with Gasteiger partial charge in [0.2, 0.25) is 0 Å². The monoisotopic (exact) mass is 296 g/mol. The molecule has 0 heterocycles. The van der Waals surface area contributed by atoms with E-state index in [-0.39, 0.29) is 17.7 Å². The van der Waals surface area contributed by atoms with Crippen molar-refractivity contribution in [3.63, 3.8) is 0 Å². The van der Waals surface area contributed by atoms with E-state index in [0.717, 1.165) is 5.56 Å². The fourth-order valence-electron chi connectivity index (χ4n) is 1.46. The van der Waals surface area contributed by atoms with E-state index in [2.05, 4.69) is 33.9 Å². The molecule has 20 heavy (non-hydrogen) atoms. The highest BCUT2D eigenvalue weighted by Gasteiger charge is 2.37. The highest BCUT2D eigenvalue weighted by molar-refractivity contribution is 6.74. The zero-order valence-electron chi connectivity index (χ0n) is 13.3. The molecular formula is C16H28O3Si. The van der Waals surface area contributed by atoms with Crippen LogP contribution in [0.25, 0.3) is 0 Å². The highest BCUT2D eigenvalue weighted by Crippen LogP contribution is 2.36. The lowest BCUT2D eigenvalue weighted by Crippen LogP contribution is -2.43. The standard InChI is InChI=1S/C16H28O3Si/c1-16(2,3)20(4,5)19-13-15(11-17)18-12-14-9-7-6-8-10-14/h6-10,15,17H,11-13H2,1-5H3. The van der Waals surface area contributed by atoms with E-state index in [1.165, 1.54) is 0 Å². The van der Waals surface area contributed by atoms with E-state index in [0.29, 0.717) is 13.2 Å². The fourth-order valence-corrected chi connectivity index (χ4v) is 2.50. The number of ether oxygens (including phenoxy) is 1. The summed E-state index contributed by atoms with van der Waals surface area (Å²) in [4.78, 5) is 0. The molecule has 0 radical (unpaired) electrons. The molecule has 1 N–H and O–H groups in total. The number of aliphatic hydroxyl groups is 1. The minimum absolute atomic E-state index is 0.0124. The number of rotatable bonds is 7. The number of hydrogen-bond donors (Lipinski definition) is 1. The van der Waals surface area contributed by atoms with Crippen LogP contribution in [0.1, 0.15) is 26.3 Å². The molecule has 0 saturated carbocycles. The molecule has 1 aromatic carbocycles. The van der Waals surface area contributed by atoms with Gasteiger partial charge in [0.25, 0.3) is 0 Å². The van der Waals surface area contributed by atoms with Crippen LogP contribution in [0, 0.1) is 0 Å². The molecule has 0 spiro atoms. The Hall–Kier alpha value is -0.683. The van der Waals surface area contributed by atoms with Crippen molar-refractivity contribution in [3.05, 3.63) is 35.9 Å². The molecule has 0 aliphatic rings. The van der Waals surface area contributed by atoms with Crippen LogP contribution < -0.4 is 0 Å². The zero-order valence-corrected chi connectivity index (χ0v) is 14.3. The average Bonchev–Trinajstić information content (AvgIpc) is 2.39. The van der Waals surface area contributed by atoms with E-state index in [1.807, 2.05) is 30.3 Å². The summed E-state index contributed by atoms with van der Waals surface area (Å²) in [5.41, 5.74) is 1.11. The van der Waals surface area contributed by atoms with Crippen LogP contribution in [0.15, 0.2) is 30.3 Å². The van der Waals surface area contributed by atoms with E-state index < -0.39 is 8.32 Å². The second kappa shape index (κ2) is 7.36. The maximum Gasteiger partial charge on any atom is 0.192 e. The summed E-state index contributed by atoms with van der Waals surface area (Å²) in [5, 5.41) is 9.59. The summed E-state index contributed by atoms with van der Waals surface area (Å²) in [6, 6.07) is 9.98. The van der Waals surface area contributed by atoms with E-state index in [1.54, 1.807) is 0 Å². The van der Waals surface area contributed by atoms with Crippen LogP contribution in [0.4, 0.5) is 0 Å². The van der Waals surface area contributed by atoms with Crippen molar-refractivity contribution in [2.24, 2.45) is 0 Å². The molecule has 0 saturated heterocycles. The van der Waals surface area contributed by atoms with Crippen LogP contribution in [-0.4, -0.2) is 32.7 Å². The summed E-state index contributed by atoms with van der Waals surface area (Å²) in [6.07, 6.45) is -0.260. The number of aliphatic hydroxyl groups excluding tert-OH is 1. The molecule has 1 aromatic rings. The summed E-state index contributed by atoms with van der Waals surface area (Å²) in [6.45, 7) is 12.0. The molecular weight excluding hydrogens is 268 g/mol. The molecule has 0 bridgehead atoms. The van der Waals surface area contributed by atoms with Crippen LogP contribution in [0.5, 0.6) is 0 Å². The normalized spacial score (nSPS) is 14.3. The molecule has 0 aliphatic heterocycles. The average molecular weight is 296 g/mol. The van der Waals surface area contributed by atoms with Crippen molar-refractivity contribution in [3.8, 4) is 0 Å². The van der Waals surface area contributed by atoms with Crippen LogP contribution >= 0.6 is 0 Å². The Bertz CT molecular complexity index is 384. The maximum absolute atomic E-state index is 9.41. The van der Waals surface area contributed by atoms with E-state index in [9.17, 15) is 5.11 Å². The van der Waals surface area contributed by atoms with Crippen LogP contribution in [0.3, 0.4) is 0 Å². The van der Waals surface area contributed by atoms with E-state index in [4.69, 9.17) is 9.16 Å². The van der Waals surface area contributed by atoms with Gasteiger partial charge in [-0.15, -0.1) is 0 Å². The quantitative estimate of drug-likeness (QED) is 0.782. The lowest BCUT2D eigenvalue weighted by molar-refractivity contribution is -0.0254. The minimum atomic E-state index is -1.78. The SMILES string of the molecule is CC(C)(C)[Si](C)(C)OCC(CO)OCc1ccccc1. The molecule has 0 amide bonds. The van der Waals surface area contributed by atoms with Gasteiger partial charge in [0, 0.05) is 0 Å². The third-order valence-corrected chi connectivity index (χ3v) is 8.47. The van der Waals surface area contributed by atoms with Crippen LogP contribution in [0.2, 0.25) is 18.1 Å². The first kappa shape index (κ1) is 17.4. The molecule has 3 nitrogen and oxygen atoms in total. The van der Waals surface area contributed by atoms with Crippen molar-refractivity contribution in [2.75, 3.05) is 13.2 Å². The lowest BCUT2D eigenvalue weighted by Gasteiger charge is -2.37. The smallest absolute Gasteiger partial charge is 0.192 e. The summed E-state index contributed by atoms with van der Waals surface area (Å²) < 4.78 is 11.8. The summed E-state index contributed by atoms with van der Waals surface area (Å²) >= 11 is 0. The summed E-state index contributed by atoms with van der Waals surface area (Å²) in [7, 11) is -1.78. The second-order valence-electron chi connectivity index (χ2n) is 6.67. The fraction of sp³-hybridized carbons (Fsp3) is 0.625. The maximum atomic E-state index is 9.41. The molecule has 0 fully saturated rings. The van der Waals surface area contributed by atoms with Crippen molar-refractivity contribution < 1.29 is 14.3 Å². The topological polar surface area (TPSA) is 38.7 Å². The van der Waals surface area contributed by atoms with Crippen molar-refractivity contribution >= 4 is 8.32 Å². The zero-order chi connectivity index (χ0) is 15.2. The van der Waals surface area contributed by atoms with Crippen LogP contribution in [-0.2, 0) is 15.8 Å². The first-order valence-corrected chi connectivity index (χ1v) is 10.1. The molecule has 1 atom stereocenters. The van der Waals surface area contributed by atoms with E-state index >= 15 is 0 Å². The van der Waals surface area contributed by atoms with Gasteiger partial charge < -0.3 is 14.3 Å². The predicted octanol–water partition coefficient (Wildman–Crippen LogP) is 3.59. The van der Waals surface area contributed by atoms with Crippen molar-refractivity contribution in [1.82, 2.24) is 0 Å². The number of hydrogen-bond acceptors (Lipinski definition) is 3. The van der Waals surface area contributed by atoms with Gasteiger partial charge in [0.1, 0.15) is 6.10 Å². The third kappa shape index (κ3) is 5.36. The molecule has 0 aromatic heterocycles. The molecule has 1 rings (SSSR count). The van der Waals surface area contributed by atoms with Gasteiger partial charge in [-0.3, -0.25) is 0 Å². The Labute approximate surface area is 124 Å². The lowest BCUT2D eigenvalue weighted by atomic mass is 10.2. The Balaban J connectivity index is 2.44. The predicted molar refractivity (Wildman–Crippen MR) is 85.3 cm³/mol. The Morgan fingerprint density at radius 1 is 1.15 bits per heavy atom. The Morgan fingerprint density at radius 2 is 1.75 bits per heavy atom. The van der Waals surface area contributed by atoms with Gasteiger partial charge in [0.15, 0.2) is 8.32 Å². The largest absolute Gasteiger partial charge is 0.414 e. The molecule has 114 valence electrons. The Kier molecular flexibility index (Phi) is 6.39. The Morgan fingerprint density at radius 3 is 2.25 bits per heavy atom. The minimum Gasteiger partial charge on any atom is -0.414 e. The third-order valence-electron chi connectivity index (χ3n) is 3.97. The van der Waals surface area contributed by atoms with Gasteiger partial charge in [-0.25, -0.2) is 0 Å². The first-order chi connectivity index (χ1) is 9.26. The molecule has 0 aliphatic carbocycles. The van der Waals surface area contributed by atoms with Gasteiger partial charge in [-0.1, -0.05) is 51.1 Å². The van der Waals surface area contributed by atoms with Gasteiger partial charge in [-0.05, 0) is 23.7 Å². The van der Waals surface area contributed by atoms with Crippen molar-refractivity contribution in [1.29, 1.82) is 0 Å². The van der Waals surface area contributed by atoms with Crippen molar-refractivity contribution in [2.45, 2.75) is 51.6 Å². The first-order valence-electron chi connectivity index (χ1n) is 7.16. The summed E-state index contributed by atoms with van der Waals surface area (Å²) in [5.74, 6) is 0. The van der Waals surface area contributed by atoms with Gasteiger partial charge in [0.05, 0.1) is 19.8 Å².